The molecule has 0 radical (unpaired) electrons. The first-order chi connectivity index (χ1) is 9.65. The van der Waals surface area contributed by atoms with Crippen LogP contribution in [0.3, 0.4) is 0 Å². The Hall–Kier alpha value is -2.07. The van der Waals surface area contributed by atoms with Gasteiger partial charge in [-0.25, -0.2) is 4.39 Å². The van der Waals surface area contributed by atoms with E-state index in [0.717, 1.165) is 0 Å². The minimum atomic E-state index is -0.499. The van der Waals surface area contributed by atoms with Crippen LogP contribution >= 0.6 is 11.6 Å². The molecule has 0 aliphatic heterocycles. The minimum Gasteiger partial charge on any atom is -0.493 e. The highest BCUT2D eigenvalue weighted by Gasteiger charge is 2.09. The third-order valence-electron chi connectivity index (χ3n) is 2.74. The van der Waals surface area contributed by atoms with Crippen molar-refractivity contribution in [2.75, 3.05) is 7.11 Å². The normalized spacial score (nSPS) is 10.2. The fourth-order valence-electron chi connectivity index (χ4n) is 1.69. The molecule has 0 atom stereocenters. The smallest absolute Gasteiger partial charge is 0.162 e. The Labute approximate surface area is 120 Å². The predicted molar refractivity (Wildman–Crippen MR) is 74.1 cm³/mol. The SMILES string of the molecule is COc1ccc(C=O)cc1OCc1cccc(F)c1Cl. The molecule has 0 unspecified atom stereocenters. The Morgan fingerprint density at radius 1 is 1.25 bits per heavy atom. The van der Waals surface area contributed by atoms with Crippen LogP contribution in [-0.2, 0) is 6.61 Å². The van der Waals surface area contributed by atoms with Gasteiger partial charge in [-0.05, 0) is 24.3 Å². The third-order valence-corrected chi connectivity index (χ3v) is 3.16. The number of ether oxygens (including phenoxy) is 2. The van der Waals surface area contributed by atoms with Crippen LogP contribution in [0, 0.1) is 5.82 Å². The second kappa shape index (κ2) is 6.39. The second-order valence-corrected chi connectivity index (χ2v) is 4.41. The summed E-state index contributed by atoms with van der Waals surface area (Å²) in [4.78, 5) is 10.8. The van der Waals surface area contributed by atoms with E-state index in [1.165, 1.54) is 13.2 Å². The third kappa shape index (κ3) is 3.08. The molecule has 0 spiro atoms. The molecule has 0 amide bonds. The van der Waals surface area contributed by atoms with Crippen molar-refractivity contribution in [2.45, 2.75) is 6.61 Å². The molecular weight excluding hydrogens is 283 g/mol. The molecule has 0 N–H and O–H groups in total. The van der Waals surface area contributed by atoms with Gasteiger partial charge in [0.15, 0.2) is 11.5 Å². The largest absolute Gasteiger partial charge is 0.493 e. The van der Waals surface area contributed by atoms with Gasteiger partial charge in [0, 0.05) is 11.1 Å². The van der Waals surface area contributed by atoms with Gasteiger partial charge in [0.1, 0.15) is 18.7 Å². The van der Waals surface area contributed by atoms with E-state index in [9.17, 15) is 9.18 Å². The van der Waals surface area contributed by atoms with Crippen molar-refractivity contribution >= 4 is 17.9 Å². The molecule has 0 saturated heterocycles. The summed E-state index contributed by atoms with van der Waals surface area (Å²) in [6, 6.07) is 9.30. The molecule has 2 rings (SSSR count). The second-order valence-electron chi connectivity index (χ2n) is 4.03. The zero-order chi connectivity index (χ0) is 14.5. The molecule has 2 aromatic carbocycles. The molecule has 20 heavy (non-hydrogen) atoms. The molecule has 0 aliphatic carbocycles. The van der Waals surface area contributed by atoms with E-state index in [4.69, 9.17) is 21.1 Å². The Bertz CT molecular complexity index is 629. The quantitative estimate of drug-likeness (QED) is 0.785. The summed E-state index contributed by atoms with van der Waals surface area (Å²) < 4.78 is 24.0. The van der Waals surface area contributed by atoms with Gasteiger partial charge in [-0.3, -0.25) is 4.79 Å². The average Bonchev–Trinajstić information content (AvgIpc) is 2.48. The molecule has 0 aliphatic rings. The van der Waals surface area contributed by atoms with Gasteiger partial charge < -0.3 is 9.47 Å². The van der Waals surface area contributed by atoms with Crippen molar-refractivity contribution in [1.82, 2.24) is 0 Å². The summed E-state index contributed by atoms with van der Waals surface area (Å²) in [6.07, 6.45) is 0.710. The first-order valence-corrected chi connectivity index (χ1v) is 6.22. The summed E-state index contributed by atoms with van der Waals surface area (Å²) in [5.41, 5.74) is 0.983. The molecule has 5 heteroatoms. The lowest BCUT2D eigenvalue weighted by atomic mass is 10.2. The Morgan fingerprint density at radius 3 is 2.75 bits per heavy atom. The minimum absolute atomic E-state index is 0.0259. The molecule has 0 fully saturated rings. The van der Waals surface area contributed by atoms with Crippen LogP contribution in [0.15, 0.2) is 36.4 Å². The molecule has 3 nitrogen and oxygen atoms in total. The van der Waals surface area contributed by atoms with Crippen LogP contribution in [0.25, 0.3) is 0 Å². The highest BCUT2D eigenvalue weighted by Crippen LogP contribution is 2.29. The van der Waals surface area contributed by atoms with Gasteiger partial charge in [0.2, 0.25) is 0 Å². The maximum absolute atomic E-state index is 13.3. The fraction of sp³-hybridized carbons (Fsp3) is 0.133. The van der Waals surface area contributed by atoms with E-state index in [1.54, 1.807) is 30.3 Å². The highest BCUT2D eigenvalue weighted by molar-refractivity contribution is 6.31. The van der Waals surface area contributed by atoms with Gasteiger partial charge in [-0.1, -0.05) is 23.7 Å². The lowest BCUT2D eigenvalue weighted by molar-refractivity contribution is 0.112. The molecule has 0 aromatic heterocycles. The molecule has 2 aromatic rings. The van der Waals surface area contributed by atoms with Crippen LogP contribution in [0.2, 0.25) is 5.02 Å². The lowest BCUT2D eigenvalue weighted by Crippen LogP contribution is -2.00. The first-order valence-electron chi connectivity index (χ1n) is 5.84. The van der Waals surface area contributed by atoms with Crippen molar-refractivity contribution in [3.8, 4) is 11.5 Å². The zero-order valence-electron chi connectivity index (χ0n) is 10.7. The standard InChI is InChI=1S/C15H12ClFO3/c1-19-13-6-5-10(8-18)7-14(13)20-9-11-3-2-4-12(17)15(11)16/h2-8H,9H2,1H3. The van der Waals surface area contributed by atoms with Crippen LogP contribution in [0.5, 0.6) is 11.5 Å². The molecule has 0 saturated carbocycles. The Balaban J connectivity index is 2.21. The van der Waals surface area contributed by atoms with E-state index < -0.39 is 5.82 Å². The number of carbonyl (C=O) groups is 1. The van der Waals surface area contributed by atoms with E-state index >= 15 is 0 Å². The number of hydrogen-bond acceptors (Lipinski definition) is 3. The van der Waals surface area contributed by atoms with Crippen molar-refractivity contribution < 1.29 is 18.7 Å². The van der Waals surface area contributed by atoms with Crippen molar-refractivity contribution in [3.05, 3.63) is 58.4 Å². The van der Waals surface area contributed by atoms with Crippen molar-refractivity contribution in [1.29, 1.82) is 0 Å². The van der Waals surface area contributed by atoms with Crippen LogP contribution in [-0.4, -0.2) is 13.4 Å². The van der Waals surface area contributed by atoms with Crippen molar-refractivity contribution in [3.63, 3.8) is 0 Å². The molecule has 0 heterocycles. The van der Waals surface area contributed by atoms with E-state index in [-0.39, 0.29) is 11.6 Å². The summed E-state index contributed by atoms with van der Waals surface area (Å²) >= 11 is 5.85. The number of carbonyl (C=O) groups excluding carboxylic acids is 1. The number of rotatable bonds is 5. The summed E-state index contributed by atoms with van der Waals surface area (Å²) in [5, 5.41) is 0.0259. The highest BCUT2D eigenvalue weighted by atomic mass is 35.5. The maximum Gasteiger partial charge on any atom is 0.162 e. The van der Waals surface area contributed by atoms with Gasteiger partial charge in [0.25, 0.3) is 0 Å². The first kappa shape index (κ1) is 14.3. The number of aldehydes is 1. The number of halogens is 2. The van der Waals surface area contributed by atoms with Gasteiger partial charge in [0.05, 0.1) is 12.1 Å². The Morgan fingerprint density at radius 2 is 2.05 bits per heavy atom. The van der Waals surface area contributed by atoms with Gasteiger partial charge in [-0.15, -0.1) is 0 Å². The lowest BCUT2D eigenvalue weighted by Gasteiger charge is -2.12. The maximum atomic E-state index is 13.3. The summed E-state index contributed by atoms with van der Waals surface area (Å²) in [5.74, 6) is 0.391. The van der Waals surface area contributed by atoms with E-state index in [0.29, 0.717) is 28.9 Å². The van der Waals surface area contributed by atoms with Crippen molar-refractivity contribution in [2.24, 2.45) is 0 Å². The number of benzene rings is 2. The van der Waals surface area contributed by atoms with Gasteiger partial charge >= 0.3 is 0 Å². The number of methoxy groups -OCH3 is 1. The van der Waals surface area contributed by atoms with E-state index in [1.807, 2.05) is 0 Å². The molecule has 0 bridgehead atoms. The topological polar surface area (TPSA) is 35.5 Å². The number of hydrogen-bond donors (Lipinski definition) is 0. The summed E-state index contributed by atoms with van der Waals surface area (Å²) in [7, 11) is 1.50. The fourth-order valence-corrected chi connectivity index (χ4v) is 1.88. The zero-order valence-corrected chi connectivity index (χ0v) is 11.5. The monoisotopic (exact) mass is 294 g/mol. The van der Waals surface area contributed by atoms with Crippen LogP contribution in [0.4, 0.5) is 4.39 Å². The van der Waals surface area contributed by atoms with Crippen LogP contribution in [0.1, 0.15) is 15.9 Å². The Kier molecular flexibility index (Phi) is 4.58. The van der Waals surface area contributed by atoms with Gasteiger partial charge in [-0.2, -0.15) is 0 Å². The summed E-state index contributed by atoms with van der Waals surface area (Å²) in [6.45, 7) is 0.0786. The average molecular weight is 295 g/mol. The predicted octanol–water partition coefficient (Wildman–Crippen LogP) is 3.88. The van der Waals surface area contributed by atoms with Crippen LogP contribution < -0.4 is 9.47 Å². The molecular formula is C15H12ClFO3. The molecule has 104 valence electrons. The van der Waals surface area contributed by atoms with E-state index in [2.05, 4.69) is 0 Å².